The normalized spacial score (nSPS) is 16.7. The van der Waals surface area contributed by atoms with Gasteiger partial charge in [-0.3, -0.25) is 4.90 Å². The molecule has 0 saturated carbocycles. The lowest BCUT2D eigenvalue weighted by Gasteiger charge is -2.25. The van der Waals surface area contributed by atoms with Crippen molar-refractivity contribution in [1.82, 2.24) is 25.2 Å². The van der Waals surface area contributed by atoms with Crippen molar-refractivity contribution in [2.75, 3.05) is 26.2 Å². The van der Waals surface area contributed by atoms with E-state index in [0.717, 1.165) is 44.1 Å². The first-order valence-corrected chi connectivity index (χ1v) is 6.73. The molecule has 0 amide bonds. The van der Waals surface area contributed by atoms with Gasteiger partial charge in [0.1, 0.15) is 0 Å². The van der Waals surface area contributed by atoms with E-state index in [-0.39, 0.29) is 0 Å². The largest absolute Gasteiger partial charge is 0.314 e. The minimum Gasteiger partial charge on any atom is -0.314 e. The third-order valence-electron chi connectivity index (χ3n) is 3.50. The summed E-state index contributed by atoms with van der Waals surface area (Å²) in [6.07, 6.45) is 2.03. The van der Waals surface area contributed by atoms with Crippen LogP contribution in [-0.4, -0.2) is 46.1 Å². The molecule has 5 heteroatoms. The van der Waals surface area contributed by atoms with Crippen molar-refractivity contribution in [2.45, 2.75) is 13.5 Å². The molecule has 3 rings (SSSR count). The first-order valence-electron chi connectivity index (χ1n) is 6.73. The number of nitrogens with zero attached hydrogens (tertiary/aromatic N) is 4. The Labute approximate surface area is 113 Å². The van der Waals surface area contributed by atoms with Crippen LogP contribution in [0.5, 0.6) is 0 Å². The van der Waals surface area contributed by atoms with Crippen LogP contribution < -0.4 is 5.32 Å². The SMILES string of the molecule is Cc1ccccc1-n1cc(CN2CCNCC2)nn1. The molecule has 0 atom stereocenters. The second kappa shape index (κ2) is 5.50. The predicted molar refractivity (Wildman–Crippen MR) is 74.2 cm³/mol. The third kappa shape index (κ3) is 2.83. The molecular weight excluding hydrogens is 238 g/mol. The predicted octanol–water partition coefficient (Wildman–Crippen LogP) is 0.981. The second-order valence-corrected chi connectivity index (χ2v) is 4.97. The lowest BCUT2D eigenvalue weighted by Crippen LogP contribution is -2.42. The van der Waals surface area contributed by atoms with E-state index in [1.54, 1.807) is 0 Å². The molecule has 100 valence electrons. The molecule has 1 saturated heterocycles. The van der Waals surface area contributed by atoms with E-state index in [4.69, 9.17) is 0 Å². The molecule has 1 aromatic heterocycles. The molecule has 2 aromatic rings. The van der Waals surface area contributed by atoms with E-state index >= 15 is 0 Å². The molecule has 0 unspecified atom stereocenters. The van der Waals surface area contributed by atoms with Crippen LogP contribution in [-0.2, 0) is 6.54 Å². The van der Waals surface area contributed by atoms with Crippen LogP contribution in [0.25, 0.3) is 5.69 Å². The van der Waals surface area contributed by atoms with E-state index in [9.17, 15) is 0 Å². The van der Waals surface area contributed by atoms with Gasteiger partial charge in [-0.25, -0.2) is 4.68 Å². The molecule has 0 aliphatic carbocycles. The molecule has 0 bridgehead atoms. The molecular formula is C14H19N5. The number of rotatable bonds is 3. The summed E-state index contributed by atoms with van der Waals surface area (Å²) in [5.41, 5.74) is 3.34. The summed E-state index contributed by atoms with van der Waals surface area (Å²) >= 11 is 0. The maximum absolute atomic E-state index is 4.28. The number of para-hydroxylation sites is 1. The molecule has 1 aromatic carbocycles. The first kappa shape index (κ1) is 12.3. The van der Waals surface area contributed by atoms with Crippen LogP contribution in [0, 0.1) is 6.92 Å². The Hall–Kier alpha value is -1.72. The molecule has 0 radical (unpaired) electrons. The second-order valence-electron chi connectivity index (χ2n) is 4.97. The molecule has 1 N–H and O–H groups in total. The van der Waals surface area contributed by atoms with Gasteiger partial charge in [-0.15, -0.1) is 5.10 Å². The standard InChI is InChI=1S/C14H19N5/c1-12-4-2-3-5-14(12)19-11-13(16-17-19)10-18-8-6-15-7-9-18/h2-5,11,15H,6-10H2,1H3. The van der Waals surface area contributed by atoms with Crippen LogP contribution in [0.2, 0.25) is 0 Å². The van der Waals surface area contributed by atoms with Crippen LogP contribution in [0.3, 0.4) is 0 Å². The number of aryl methyl sites for hydroxylation is 1. The van der Waals surface area contributed by atoms with Crippen molar-refractivity contribution < 1.29 is 0 Å². The van der Waals surface area contributed by atoms with Crippen molar-refractivity contribution in [3.05, 3.63) is 41.7 Å². The molecule has 1 aliphatic heterocycles. The summed E-state index contributed by atoms with van der Waals surface area (Å²) in [5, 5.41) is 11.9. The van der Waals surface area contributed by atoms with Crippen molar-refractivity contribution >= 4 is 0 Å². The summed E-state index contributed by atoms with van der Waals surface area (Å²) in [6, 6.07) is 8.23. The molecule has 5 nitrogen and oxygen atoms in total. The van der Waals surface area contributed by atoms with Gasteiger partial charge in [-0.1, -0.05) is 23.4 Å². The average Bonchev–Trinajstić information content (AvgIpc) is 2.89. The van der Waals surface area contributed by atoms with Gasteiger partial charge in [0.15, 0.2) is 0 Å². The minimum absolute atomic E-state index is 0.883. The highest BCUT2D eigenvalue weighted by atomic mass is 15.4. The average molecular weight is 257 g/mol. The maximum Gasteiger partial charge on any atom is 0.0971 e. The van der Waals surface area contributed by atoms with Crippen molar-refractivity contribution in [3.8, 4) is 5.69 Å². The van der Waals surface area contributed by atoms with Gasteiger partial charge in [0.2, 0.25) is 0 Å². The Morgan fingerprint density at radius 1 is 1.21 bits per heavy atom. The smallest absolute Gasteiger partial charge is 0.0971 e. The highest BCUT2D eigenvalue weighted by Crippen LogP contribution is 2.12. The summed E-state index contributed by atoms with van der Waals surface area (Å²) in [5.74, 6) is 0. The molecule has 2 heterocycles. The van der Waals surface area contributed by atoms with Crippen LogP contribution in [0.15, 0.2) is 30.5 Å². The lowest BCUT2D eigenvalue weighted by molar-refractivity contribution is 0.230. The minimum atomic E-state index is 0.883. The topological polar surface area (TPSA) is 46.0 Å². The van der Waals surface area contributed by atoms with Crippen molar-refractivity contribution in [1.29, 1.82) is 0 Å². The van der Waals surface area contributed by atoms with E-state index in [0.29, 0.717) is 0 Å². The quantitative estimate of drug-likeness (QED) is 0.890. The van der Waals surface area contributed by atoms with E-state index in [1.807, 2.05) is 23.0 Å². The van der Waals surface area contributed by atoms with Gasteiger partial charge in [0.05, 0.1) is 17.6 Å². The van der Waals surface area contributed by atoms with Gasteiger partial charge in [0, 0.05) is 32.7 Å². The number of piperazine rings is 1. The highest BCUT2D eigenvalue weighted by molar-refractivity contribution is 5.38. The number of hydrogen-bond donors (Lipinski definition) is 1. The number of aromatic nitrogens is 3. The van der Waals surface area contributed by atoms with Gasteiger partial charge >= 0.3 is 0 Å². The fourth-order valence-corrected chi connectivity index (χ4v) is 2.41. The Morgan fingerprint density at radius 2 is 2.00 bits per heavy atom. The monoisotopic (exact) mass is 257 g/mol. The Kier molecular flexibility index (Phi) is 3.57. The first-order chi connectivity index (χ1) is 9.33. The fraction of sp³-hybridized carbons (Fsp3) is 0.429. The Balaban J connectivity index is 1.74. The highest BCUT2D eigenvalue weighted by Gasteiger charge is 2.12. The number of nitrogens with one attached hydrogen (secondary N) is 1. The summed E-state index contributed by atoms with van der Waals surface area (Å²) in [4.78, 5) is 2.41. The number of hydrogen-bond acceptors (Lipinski definition) is 4. The molecule has 19 heavy (non-hydrogen) atoms. The zero-order valence-electron chi connectivity index (χ0n) is 11.2. The van der Waals surface area contributed by atoms with Crippen molar-refractivity contribution in [2.24, 2.45) is 0 Å². The van der Waals surface area contributed by atoms with Crippen LogP contribution in [0.4, 0.5) is 0 Å². The van der Waals surface area contributed by atoms with Gasteiger partial charge < -0.3 is 5.32 Å². The molecule has 0 spiro atoms. The van der Waals surface area contributed by atoms with Crippen molar-refractivity contribution in [3.63, 3.8) is 0 Å². The lowest BCUT2D eigenvalue weighted by atomic mass is 10.2. The fourth-order valence-electron chi connectivity index (χ4n) is 2.41. The Morgan fingerprint density at radius 3 is 2.79 bits per heavy atom. The van der Waals surface area contributed by atoms with Crippen LogP contribution in [0.1, 0.15) is 11.3 Å². The Bertz CT molecular complexity index is 542. The van der Waals surface area contributed by atoms with Gasteiger partial charge in [0.25, 0.3) is 0 Å². The van der Waals surface area contributed by atoms with E-state index in [2.05, 4.69) is 39.6 Å². The van der Waals surface area contributed by atoms with E-state index < -0.39 is 0 Å². The van der Waals surface area contributed by atoms with E-state index in [1.165, 1.54) is 5.56 Å². The van der Waals surface area contributed by atoms with Crippen LogP contribution >= 0.6 is 0 Å². The zero-order valence-corrected chi connectivity index (χ0v) is 11.2. The molecule has 1 aliphatic rings. The summed E-state index contributed by atoms with van der Waals surface area (Å²) < 4.78 is 1.87. The van der Waals surface area contributed by atoms with Gasteiger partial charge in [-0.2, -0.15) is 0 Å². The van der Waals surface area contributed by atoms with Gasteiger partial charge in [-0.05, 0) is 18.6 Å². The molecule has 1 fully saturated rings. The summed E-state index contributed by atoms with van der Waals surface area (Å²) in [7, 11) is 0. The summed E-state index contributed by atoms with van der Waals surface area (Å²) in [6.45, 7) is 7.26. The maximum atomic E-state index is 4.28. The third-order valence-corrected chi connectivity index (χ3v) is 3.50. The zero-order chi connectivity index (χ0) is 13.1. The number of benzene rings is 1.